The zero-order chi connectivity index (χ0) is 15.2. The standard InChI is InChI=1S/C17H22BrClN2/c1-3-17(4-2)21-10-9-16(20-21)11-14(12-19)13-5-7-15(18)8-6-13/h5-10,14,17H,3-4,11-12H2,1-2H3. The summed E-state index contributed by atoms with van der Waals surface area (Å²) in [5, 5.41) is 4.73. The monoisotopic (exact) mass is 368 g/mol. The van der Waals surface area contributed by atoms with E-state index in [-0.39, 0.29) is 0 Å². The van der Waals surface area contributed by atoms with E-state index in [2.05, 4.69) is 71.0 Å². The molecule has 0 bridgehead atoms. The van der Waals surface area contributed by atoms with Crippen molar-refractivity contribution in [2.45, 2.75) is 45.1 Å². The lowest BCUT2D eigenvalue weighted by Gasteiger charge is -2.14. The number of nitrogens with zero attached hydrogens (tertiary/aromatic N) is 2. The second-order valence-corrected chi connectivity index (χ2v) is 6.59. The zero-order valence-electron chi connectivity index (χ0n) is 12.6. The molecule has 1 unspecified atom stereocenters. The number of hydrogen-bond donors (Lipinski definition) is 0. The first-order valence-electron chi connectivity index (χ1n) is 7.53. The van der Waals surface area contributed by atoms with Crippen molar-refractivity contribution < 1.29 is 0 Å². The van der Waals surface area contributed by atoms with Crippen molar-refractivity contribution in [3.8, 4) is 0 Å². The Morgan fingerprint density at radius 3 is 2.38 bits per heavy atom. The van der Waals surface area contributed by atoms with Crippen molar-refractivity contribution in [3.63, 3.8) is 0 Å². The summed E-state index contributed by atoms with van der Waals surface area (Å²) in [6, 6.07) is 11.0. The summed E-state index contributed by atoms with van der Waals surface area (Å²) in [6.07, 6.45) is 5.21. The van der Waals surface area contributed by atoms with Gasteiger partial charge in [0.2, 0.25) is 0 Å². The predicted octanol–water partition coefficient (Wildman–Crippen LogP) is 5.57. The van der Waals surface area contributed by atoms with Crippen LogP contribution < -0.4 is 0 Å². The van der Waals surface area contributed by atoms with E-state index in [0.717, 1.165) is 29.4 Å². The van der Waals surface area contributed by atoms with Crippen molar-refractivity contribution >= 4 is 27.5 Å². The Balaban J connectivity index is 2.10. The van der Waals surface area contributed by atoms with Crippen LogP contribution in [-0.4, -0.2) is 15.7 Å². The molecule has 1 atom stereocenters. The highest BCUT2D eigenvalue weighted by molar-refractivity contribution is 9.10. The zero-order valence-corrected chi connectivity index (χ0v) is 14.9. The van der Waals surface area contributed by atoms with E-state index in [4.69, 9.17) is 16.7 Å². The third kappa shape index (κ3) is 4.33. The summed E-state index contributed by atoms with van der Waals surface area (Å²) in [6.45, 7) is 4.41. The molecule has 2 nitrogen and oxygen atoms in total. The fraction of sp³-hybridized carbons (Fsp3) is 0.471. The first kappa shape index (κ1) is 16.6. The number of benzene rings is 1. The Morgan fingerprint density at radius 1 is 1.14 bits per heavy atom. The second-order valence-electron chi connectivity index (χ2n) is 5.36. The number of alkyl halides is 1. The molecule has 114 valence electrons. The topological polar surface area (TPSA) is 17.8 Å². The van der Waals surface area contributed by atoms with Gasteiger partial charge in [0.1, 0.15) is 0 Å². The number of hydrogen-bond acceptors (Lipinski definition) is 1. The summed E-state index contributed by atoms with van der Waals surface area (Å²) in [7, 11) is 0. The van der Waals surface area contributed by atoms with Crippen LogP contribution in [0.1, 0.15) is 49.9 Å². The van der Waals surface area contributed by atoms with Gasteiger partial charge in [-0.2, -0.15) is 5.10 Å². The van der Waals surface area contributed by atoms with E-state index < -0.39 is 0 Å². The maximum atomic E-state index is 6.17. The molecule has 21 heavy (non-hydrogen) atoms. The molecule has 2 aromatic rings. The number of halogens is 2. The maximum Gasteiger partial charge on any atom is 0.0631 e. The van der Waals surface area contributed by atoms with Crippen molar-refractivity contribution in [3.05, 3.63) is 52.3 Å². The number of rotatable bonds is 7. The Labute approximate surface area is 140 Å². The maximum absolute atomic E-state index is 6.17. The molecular weight excluding hydrogens is 348 g/mol. The predicted molar refractivity (Wildman–Crippen MR) is 93.2 cm³/mol. The van der Waals surface area contributed by atoms with Gasteiger partial charge < -0.3 is 0 Å². The molecule has 1 aromatic heterocycles. The van der Waals surface area contributed by atoms with E-state index in [1.165, 1.54) is 5.56 Å². The summed E-state index contributed by atoms with van der Waals surface area (Å²) < 4.78 is 3.19. The smallest absolute Gasteiger partial charge is 0.0631 e. The Hall–Kier alpha value is -0.800. The minimum absolute atomic E-state index is 0.310. The van der Waals surface area contributed by atoms with Crippen LogP contribution in [-0.2, 0) is 6.42 Å². The molecule has 0 saturated heterocycles. The first-order valence-corrected chi connectivity index (χ1v) is 8.86. The van der Waals surface area contributed by atoms with Gasteiger partial charge in [-0.1, -0.05) is 41.9 Å². The van der Waals surface area contributed by atoms with Gasteiger partial charge in [0, 0.05) is 22.5 Å². The highest BCUT2D eigenvalue weighted by Gasteiger charge is 2.14. The van der Waals surface area contributed by atoms with Gasteiger partial charge in [-0.3, -0.25) is 4.68 Å². The molecular formula is C17H22BrClN2. The third-order valence-electron chi connectivity index (χ3n) is 3.96. The average Bonchev–Trinajstić information content (AvgIpc) is 2.96. The van der Waals surface area contributed by atoms with Crippen LogP contribution in [0.3, 0.4) is 0 Å². The van der Waals surface area contributed by atoms with Crippen molar-refractivity contribution in [1.29, 1.82) is 0 Å². The molecule has 0 spiro atoms. The second kappa shape index (κ2) is 8.00. The molecule has 0 N–H and O–H groups in total. The van der Waals surface area contributed by atoms with E-state index >= 15 is 0 Å². The Bertz CT molecular complexity index is 546. The molecule has 0 aliphatic rings. The summed E-state index contributed by atoms with van der Waals surface area (Å²) in [5.74, 6) is 0.921. The SMILES string of the molecule is CCC(CC)n1ccc(CC(CCl)c2ccc(Br)cc2)n1. The summed E-state index contributed by atoms with van der Waals surface area (Å²) in [4.78, 5) is 0. The minimum Gasteiger partial charge on any atom is -0.269 e. The van der Waals surface area contributed by atoms with Crippen LogP contribution in [0.25, 0.3) is 0 Å². The fourth-order valence-corrected chi connectivity index (χ4v) is 3.15. The van der Waals surface area contributed by atoms with Gasteiger partial charge in [0.05, 0.1) is 11.7 Å². The summed E-state index contributed by atoms with van der Waals surface area (Å²) >= 11 is 9.64. The van der Waals surface area contributed by atoms with Gasteiger partial charge in [-0.25, -0.2) is 0 Å². The van der Waals surface area contributed by atoms with Crippen LogP contribution in [0, 0.1) is 0 Å². The first-order chi connectivity index (χ1) is 10.2. The molecule has 2 rings (SSSR count). The van der Waals surface area contributed by atoms with Crippen LogP contribution >= 0.6 is 27.5 Å². The van der Waals surface area contributed by atoms with Gasteiger partial charge in [0.15, 0.2) is 0 Å². The van der Waals surface area contributed by atoms with E-state index in [0.29, 0.717) is 17.8 Å². The molecule has 0 radical (unpaired) electrons. The van der Waals surface area contributed by atoms with Crippen molar-refractivity contribution in [1.82, 2.24) is 9.78 Å². The van der Waals surface area contributed by atoms with Crippen LogP contribution in [0.4, 0.5) is 0 Å². The molecule has 4 heteroatoms. The lowest BCUT2D eigenvalue weighted by atomic mass is 9.96. The Morgan fingerprint density at radius 2 is 1.81 bits per heavy atom. The van der Waals surface area contributed by atoms with Gasteiger partial charge in [-0.05, 0) is 43.0 Å². The molecule has 0 fully saturated rings. The third-order valence-corrected chi connectivity index (χ3v) is 4.86. The van der Waals surface area contributed by atoms with Gasteiger partial charge in [0.25, 0.3) is 0 Å². The molecule has 1 heterocycles. The fourth-order valence-electron chi connectivity index (χ4n) is 2.60. The minimum atomic E-state index is 0.310. The quantitative estimate of drug-likeness (QED) is 0.583. The van der Waals surface area contributed by atoms with Crippen molar-refractivity contribution in [2.75, 3.05) is 5.88 Å². The molecule has 0 amide bonds. The van der Waals surface area contributed by atoms with Gasteiger partial charge >= 0.3 is 0 Å². The highest BCUT2D eigenvalue weighted by Crippen LogP contribution is 2.24. The number of aromatic nitrogens is 2. The molecule has 1 aromatic carbocycles. The molecule has 0 saturated carbocycles. The van der Waals surface area contributed by atoms with E-state index in [9.17, 15) is 0 Å². The summed E-state index contributed by atoms with van der Waals surface area (Å²) in [5.41, 5.74) is 2.39. The Kier molecular flexibility index (Phi) is 6.31. The normalized spacial score (nSPS) is 12.8. The van der Waals surface area contributed by atoms with E-state index in [1.807, 2.05) is 0 Å². The average molecular weight is 370 g/mol. The van der Waals surface area contributed by atoms with Gasteiger partial charge in [-0.15, -0.1) is 11.6 Å². The van der Waals surface area contributed by atoms with Crippen LogP contribution in [0.5, 0.6) is 0 Å². The van der Waals surface area contributed by atoms with Crippen molar-refractivity contribution in [2.24, 2.45) is 0 Å². The van der Waals surface area contributed by atoms with E-state index in [1.54, 1.807) is 0 Å². The van der Waals surface area contributed by atoms with Crippen LogP contribution in [0.15, 0.2) is 41.0 Å². The largest absolute Gasteiger partial charge is 0.269 e. The van der Waals surface area contributed by atoms with Crippen LogP contribution in [0.2, 0.25) is 0 Å². The highest BCUT2D eigenvalue weighted by atomic mass is 79.9. The molecule has 0 aliphatic heterocycles. The lowest BCUT2D eigenvalue weighted by molar-refractivity contribution is 0.424. The lowest BCUT2D eigenvalue weighted by Crippen LogP contribution is -2.09. The molecule has 0 aliphatic carbocycles.